The smallest absolute Gasteiger partial charge is 0.306 e. The molecule has 1 rings (SSSR count). The minimum absolute atomic E-state index is 0.101. The summed E-state index contributed by atoms with van der Waals surface area (Å²) in [5, 5.41) is 0. The molecule has 1 N–H and O–H groups in total. The van der Waals surface area contributed by atoms with E-state index >= 15 is 0 Å². The molecule has 0 saturated carbocycles. The summed E-state index contributed by atoms with van der Waals surface area (Å²) in [7, 11) is 1.92. The van der Waals surface area contributed by atoms with E-state index in [1.807, 2.05) is 24.0 Å². The second-order valence-electron chi connectivity index (χ2n) is 4.34. The van der Waals surface area contributed by atoms with Gasteiger partial charge in [0, 0.05) is 6.42 Å². The highest BCUT2D eigenvalue weighted by atomic mass is 16.5. The van der Waals surface area contributed by atoms with Crippen LogP contribution in [0.25, 0.3) is 0 Å². The lowest BCUT2D eigenvalue weighted by atomic mass is 10.1. The normalized spacial score (nSPS) is 10.5. The number of nitrogens with one attached hydrogen (secondary N) is 1. The van der Waals surface area contributed by atoms with Crippen LogP contribution in [0, 0.1) is 0 Å². The second-order valence-corrected chi connectivity index (χ2v) is 4.34. The van der Waals surface area contributed by atoms with E-state index in [0.29, 0.717) is 13.0 Å². The lowest BCUT2D eigenvalue weighted by molar-refractivity contribution is -0.679. The van der Waals surface area contributed by atoms with Gasteiger partial charge in [0.05, 0.1) is 7.05 Å². The van der Waals surface area contributed by atoms with Gasteiger partial charge in [-0.05, 0) is 6.42 Å². The van der Waals surface area contributed by atoms with Gasteiger partial charge < -0.3 is 4.74 Å². The summed E-state index contributed by atoms with van der Waals surface area (Å²) < 4.78 is 7.09. The van der Waals surface area contributed by atoms with Gasteiger partial charge in [0.25, 0.3) is 5.82 Å². The summed E-state index contributed by atoms with van der Waals surface area (Å²) >= 11 is 0. The van der Waals surface area contributed by atoms with Crippen molar-refractivity contribution in [1.29, 1.82) is 0 Å². The molecule has 0 radical (unpaired) electrons. The van der Waals surface area contributed by atoms with E-state index in [0.717, 1.165) is 18.7 Å². The summed E-state index contributed by atoms with van der Waals surface area (Å²) in [4.78, 5) is 14.5. The molecular weight excluding hydrogens is 216 g/mol. The first-order valence-electron chi connectivity index (χ1n) is 6.41. The molecule has 0 spiro atoms. The third-order valence-corrected chi connectivity index (χ3v) is 2.83. The molecular formula is C13H23N2O2+. The van der Waals surface area contributed by atoms with Crippen molar-refractivity contribution in [2.75, 3.05) is 0 Å². The number of H-pyrrole nitrogens is 1. The number of rotatable bonds is 8. The molecule has 0 bridgehead atoms. The number of ether oxygens (including phenoxy) is 1. The number of esters is 1. The molecule has 0 amide bonds. The maximum Gasteiger partial charge on any atom is 0.306 e. The topological polar surface area (TPSA) is 46.0 Å². The van der Waals surface area contributed by atoms with E-state index in [2.05, 4.69) is 11.9 Å². The number of hydrogen-bond donors (Lipinski definition) is 1. The lowest BCUT2D eigenvalue weighted by Gasteiger charge is -2.02. The summed E-state index contributed by atoms with van der Waals surface area (Å²) in [5.41, 5.74) is 0. The summed E-state index contributed by atoms with van der Waals surface area (Å²) in [6.07, 6.45) is 10.0. The molecule has 1 aromatic rings. The first-order valence-corrected chi connectivity index (χ1v) is 6.41. The number of carbonyl (C=O) groups is 1. The van der Waals surface area contributed by atoms with E-state index in [1.165, 1.54) is 19.3 Å². The second kappa shape index (κ2) is 7.87. The Kier molecular flexibility index (Phi) is 6.37. The van der Waals surface area contributed by atoms with Gasteiger partial charge >= 0.3 is 5.97 Å². The van der Waals surface area contributed by atoms with Gasteiger partial charge in [0.1, 0.15) is 12.4 Å². The van der Waals surface area contributed by atoms with E-state index < -0.39 is 0 Å². The van der Waals surface area contributed by atoms with Crippen molar-refractivity contribution in [3.8, 4) is 0 Å². The quantitative estimate of drug-likeness (QED) is 0.429. The number of imidazole rings is 1. The molecule has 1 aromatic heterocycles. The van der Waals surface area contributed by atoms with Gasteiger partial charge in [-0.2, -0.15) is 0 Å². The van der Waals surface area contributed by atoms with Gasteiger partial charge in [-0.15, -0.1) is 0 Å². The molecule has 0 aromatic carbocycles. The van der Waals surface area contributed by atoms with Crippen molar-refractivity contribution in [2.24, 2.45) is 7.05 Å². The van der Waals surface area contributed by atoms with E-state index in [9.17, 15) is 4.79 Å². The number of unbranched alkanes of at least 4 members (excludes halogenated alkanes) is 4. The zero-order valence-corrected chi connectivity index (χ0v) is 10.9. The Bertz CT molecular complexity index is 334. The molecule has 96 valence electrons. The number of hydrogen-bond acceptors (Lipinski definition) is 2. The standard InChI is InChI=1S/C13H22N2O2/c1-3-4-5-6-7-8-13(16)17-11-12-14-9-10-15(12)2/h9-10H,3-8,11H2,1-2H3/p+1. The highest BCUT2D eigenvalue weighted by Gasteiger charge is 2.09. The van der Waals surface area contributed by atoms with Crippen LogP contribution in [0.15, 0.2) is 12.4 Å². The van der Waals surface area contributed by atoms with Crippen molar-refractivity contribution in [3.63, 3.8) is 0 Å². The molecule has 0 fully saturated rings. The summed E-state index contributed by atoms with van der Waals surface area (Å²) in [5.74, 6) is 0.806. The Labute approximate surface area is 103 Å². The maximum atomic E-state index is 11.4. The predicted molar refractivity (Wildman–Crippen MR) is 65.1 cm³/mol. The van der Waals surface area contributed by atoms with Crippen LogP contribution in [0.4, 0.5) is 0 Å². The third-order valence-electron chi connectivity index (χ3n) is 2.83. The molecule has 4 nitrogen and oxygen atoms in total. The number of aromatic amines is 1. The van der Waals surface area contributed by atoms with Crippen molar-refractivity contribution < 1.29 is 14.1 Å². The fourth-order valence-corrected chi connectivity index (χ4v) is 1.67. The Morgan fingerprint density at radius 1 is 1.35 bits per heavy atom. The molecule has 0 atom stereocenters. The van der Waals surface area contributed by atoms with Crippen molar-refractivity contribution in [3.05, 3.63) is 18.2 Å². The average Bonchev–Trinajstić information content (AvgIpc) is 2.72. The average molecular weight is 239 g/mol. The van der Waals surface area contributed by atoms with Crippen molar-refractivity contribution in [1.82, 2.24) is 4.98 Å². The fourth-order valence-electron chi connectivity index (χ4n) is 1.67. The Morgan fingerprint density at radius 2 is 2.12 bits per heavy atom. The Hall–Kier alpha value is -1.32. The van der Waals surface area contributed by atoms with Crippen LogP contribution < -0.4 is 4.57 Å². The number of carbonyl (C=O) groups excluding carboxylic acids is 1. The van der Waals surface area contributed by atoms with Gasteiger partial charge in [-0.1, -0.05) is 32.6 Å². The van der Waals surface area contributed by atoms with Crippen LogP contribution in [0.1, 0.15) is 51.3 Å². The summed E-state index contributed by atoms with van der Waals surface area (Å²) in [6.45, 7) is 2.52. The zero-order chi connectivity index (χ0) is 12.5. The van der Waals surface area contributed by atoms with Crippen LogP contribution in [0.3, 0.4) is 0 Å². The minimum Gasteiger partial charge on any atom is -0.453 e. The predicted octanol–water partition coefficient (Wildman–Crippen LogP) is 2.24. The highest BCUT2D eigenvalue weighted by molar-refractivity contribution is 5.69. The maximum absolute atomic E-state index is 11.4. The van der Waals surface area contributed by atoms with Crippen LogP contribution in [-0.2, 0) is 23.2 Å². The molecule has 1 heterocycles. The molecule has 0 aliphatic rings. The first kappa shape index (κ1) is 13.7. The lowest BCUT2D eigenvalue weighted by Crippen LogP contribution is -2.31. The molecule has 0 unspecified atom stereocenters. The number of nitrogens with zero attached hydrogens (tertiary/aromatic N) is 1. The van der Waals surface area contributed by atoms with Crippen LogP contribution in [0.2, 0.25) is 0 Å². The Balaban J connectivity index is 2.07. The van der Waals surface area contributed by atoms with Gasteiger partial charge in [-0.3, -0.25) is 4.79 Å². The molecule has 0 aliphatic carbocycles. The van der Waals surface area contributed by atoms with Crippen molar-refractivity contribution in [2.45, 2.75) is 52.1 Å². The molecule has 0 saturated heterocycles. The van der Waals surface area contributed by atoms with Gasteiger partial charge in [-0.25, -0.2) is 9.55 Å². The fraction of sp³-hybridized carbons (Fsp3) is 0.692. The molecule has 4 heteroatoms. The number of aromatic nitrogens is 2. The van der Waals surface area contributed by atoms with Gasteiger partial charge in [0.15, 0.2) is 6.61 Å². The van der Waals surface area contributed by atoms with Crippen LogP contribution >= 0.6 is 0 Å². The van der Waals surface area contributed by atoms with E-state index in [-0.39, 0.29) is 5.97 Å². The monoisotopic (exact) mass is 239 g/mol. The Morgan fingerprint density at radius 3 is 2.76 bits per heavy atom. The van der Waals surface area contributed by atoms with E-state index in [1.54, 1.807) is 0 Å². The van der Waals surface area contributed by atoms with Crippen molar-refractivity contribution >= 4 is 5.97 Å². The zero-order valence-electron chi connectivity index (χ0n) is 10.9. The largest absolute Gasteiger partial charge is 0.453 e. The minimum atomic E-state index is -0.101. The molecule has 0 aliphatic heterocycles. The van der Waals surface area contributed by atoms with Crippen LogP contribution in [-0.4, -0.2) is 11.0 Å². The first-order chi connectivity index (χ1) is 8.24. The SMILES string of the molecule is CCCCCCCC(=O)OCc1[nH]cc[n+]1C. The van der Waals surface area contributed by atoms with Gasteiger partial charge in [0.2, 0.25) is 0 Å². The number of aryl methyl sites for hydroxylation is 1. The third kappa shape index (κ3) is 5.52. The summed E-state index contributed by atoms with van der Waals surface area (Å²) in [6, 6.07) is 0. The van der Waals surface area contributed by atoms with Crippen LogP contribution in [0.5, 0.6) is 0 Å². The molecule has 17 heavy (non-hydrogen) atoms. The van der Waals surface area contributed by atoms with E-state index in [4.69, 9.17) is 4.74 Å². The highest BCUT2D eigenvalue weighted by Crippen LogP contribution is 2.06.